The molecule has 0 radical (unpaired) electrons. The van der Waals surface area contributed by atoms with Gasteiger partial charge in [0.15, 0.2) is 0 Å². The van der Waals surface area contributed by atoms with Crippen LogP contribution in [0.5, 0.6) is 5.88 Å². The van der Waals surface area contributed by atoms with Gasteiger partial charge in [-0.2, -0.15) is 4.98 Å². The number of hydrogen-bond acceptors (Lipinski definition) is 5. The quantitative estimate of drug-likeness (QED) is 0.867. The van der Waals surface area contributed by atoms with E-state index in [-0.39, 0.29) is 0 Å². The Hall–Kier alpha value is -1.36. The Bertz CT molecular complexity index is 378. The molecule has 0 aliphatic carbocycles. The summed E-state index contributed by atoms with van der Waals surface area (Å²) in [5, 5.41) is 3.10. The fraction of sp³-hybridized carbons (Fsp3) is 0.692. The maximum absolute atomic E-state index is 5.77. The minimum absolute atomic E-state index is 0.580. The van der Waals surface area contributed by atoms with Crippen molar-refractivity contribution in [3.05, 3.63) is 11.8 Å². The van der Waals surface area contributed by atoms with Crippen molar-refractivity contribution in [3.8, 4) is 5.88 Å². The van der Waals surface area contributed by atoms with Gasteiger partial charge in [-0.1, -0.05) is 0 Å². The molecular weight excluding hydrogens is 230 g/mol. The van der Waals surface area contributed by atoms with Gasteiger partial charge in [0.05, 0.1) is 6.61 Å². The Kier molecular flexibility index (Phi) is 4.75. The summed E-state index contributed by atoms with van der Waals surface area (Å²) >= 11 is 0. The highest BCUT2D eigenvalue weighted by Crippen LogP contribution is 2.18. The smallest absolute Gasteiger partial charge is 0.226 e. The van der Waals surface area contributed by atoms with Gasteiger partial charge in [-0.05, 0) is 32.6 Å². The normalized spacial score (nSPS) is 16.6. The third kappa shape index (κ3) is 3.84. The Labute approximate surface area is 108 Å². The van der Waals surface area contributed by atoms with Crippen molar-refractivity contribution >= 4 is 5.95 Å². The van der Waals surface area contributed by atoms with Crippen LogP contribution in [0.1, 0.15) is 25.5 Å². The van der Waals surface area contributed by atoms with Crippen LogP contribution in [-0.4, -0.2) is 36.3 Å². The lowest BCUT2D eigenvalue weighted by atomic mass is 10.0. The van der Waals surface area contributed by atoms with Crippen LogP contribution in [0.3, 0.4) is 0 Å². The Morgan fingerprint density at radius 3 is 2.89 bits per heavy atom. The molecule has 100 valence electrons. The van der Waals surface area contributed by atoms with Gasteiger partial charge < -0.3 is 14.8 Å². The van der Waals surface area contributed by atoms with Crippen LogP contribution in [0.15, 0.2) is 6.07 Å². The lowest BCUT2D eigenvalue weighted by Crippen LogP contribution is -2.21. The van der Waals surface area contributed by atoms with Crippen LogP contribution in [0.2, 0.25) is 0 Å². The lowest BCUT2D eigenvalue weighted by molar-refractivity contribution is 0.0490. The van der Waals surface area contributed by atoms with E-state index in [1.165, 1.54) is 0 Å². The molecule has 1 aliphatic heterocycles. The minimum Gasteiger partial charge on any atom is -0.477 e. The van der Waals surface area contributed by atoms with Crippen molar-refractivity contribution in [2.75, 3.05) is 31.7 Å². The molecule has 1 saturated heterocycles. The van der Waals surface area contributed by atoms with Crippen molar-refractivity contribution in [1.82, 2.24) is 9.97 Å². The zero-order valence-corrected chi connectivity index (χ0v) is 11.1. The number of aryl methyl sites for hydroxylation is 1. The largest absolute Gasteiger partial charge is 0.477 e. The highest BCUT2D eigenvalue weighted by molar-refractivity contribution is 5.30. The van der Waals surface area contributed by atoms with Gasteiger partial charge >= 0.3 is 0 Å². The summed E-state index contributed by atoms with van der Waals surface area (Å²) in [6, 6.07) is 1.88. The average molecular weight is 251 g/mol. The number of hydrogen-bond donors (Lipinski definition) is 1. The van der Waals surface area contributed by atoms with Crippen molar-refractivity contribution < 1.29 is 9.47 Å². The number of anilines is 1. The molecular formula is C13H21N3O2. The molecule has 0 unspecified atom stereocenters. The molecule has 18 heavy (non-hydrogen) atoms. The van der Waals surface area contributed by atoms with E-state index in [0.29, 0.717) is 24.4 Å². The molecule has 1 aliphatic rings. The molecule has 0 aromatic carbocycles. The van der Waals surface area contributed by atoms with Gasteiger partial charge in [0.1, 0.15) is 0 Å². The van der Waals surface area contributed by atoms with Crippen molar-refractivity contribution in [2.45, 2.75) is 26.7 Å². The molecule has 2 heterocycles. The summed E-state index contributed by atoms with van der Waals surface area (Å²) in [4.78, 5) is 8.63. The topological polar surface area (TPSA) is 56.3 Å². The van der Waals surface area contributed by atoms with E-state index in [0.717, 1.165) is 38.3 Å². The first-order valence-corrected chi connectivity index (χ1v) is 6.58. The molecule has 0 amide bonds. The van der Waals surface area contributed by atoms with E-state index in [9.17, 15) is 0 Å². The maximum Gasteiger partial charge on any atom is 0.226 e. The molecule has 0 bridgehead atoms. The molecule has 1 N–H and O–H groups in total. The standard InChI is InChI=1S/C13H21N3O2/c1-3-14-13-15-10(2)8-12(16-13)18-9-11-4-6-17-7-5-11/h8,11H,3-7,9H2,1-2H3,(H,14,15,16). The molecule has 2 rings (SSSR count). The summed E-state index contributed by atoms with van der Waals surface area (Å²) < 4.78 is 11.1. The molecule has 1 aromatic rings. The predicted octanol–water partition coefficient (Wildman–Crippen LogP) is 2.02. The summed E-state index contributed by atoms with van der Waals surface area (Å²) in [6.45, 7) is 7.19. The van der Waals surface area contributed by atoms with Gasteiger partial charge in [-0.3, -0.25) is 0 Å². The van der Waals surface area contributed by atoms with E-state index in [2.05, 4.69) is 15.3 Å². The van der Waals surface area contributed by atoms with E-state index in [1.807, 2.05) is 19.9 Å². The SMILES string of the molecule is CCNc1nc(C)cc(OCC2CCOCC2)n1. The highest BCUT2D eigenvalue weighted by Gasteiger charge is 2.15. The van der Waals surface area contributed by atoms with Gasteiger partial charge in [-0.25, -0.2) is 4.98 Å². The summed E-state index contributed by atoms with van der Waals surface area (Å²) in [6.07, 6.45) is 2.15. The summed E-state index contributed by atoms with van der Waals surface area (Å²) in [5.41, 5.74) is 0.919. The molecule has 0 saturated carbocycles. The first kappa shape index (κ1) is 13.1. The minimum atomic E-state index is 0.580. The molecule has 0 atom stereocenters. The second kappa shape index (κ2) is 6.54. The summed E-state index contributed by atoms with van der Waals surface area (Å²) in [5.74, 6) is 1.88. The second-order valence-electron chi connectivity index (χ2n) is 4.57. The zero-order valence-electron chi connectivity index (χ0n) is 11.1. The van der Waals surface area contributed by atoms with E-state index in [4.69, 9.17) is 9.47 Å². The van der Waals surface area contributed by atoms with Crippen LogP contribution >= 0.6 is 0 Å². The molecule has 0 spiro atoms. The first-order chi connectivity index (χ1) is 8.78. The van der Waals surface area contributed by atoms with E-state index in [1.54, 1.807) is 0 Å². The zero-order chi connectivity index (χ0) is 12.8. The van der Waals surface area contributed by atoms with Gasteiger partial charge in [-0.15, -0.1) is 0 Å². The Balaban J connectivity index is 1.91. The first-order valence-electron chi connectivity index (χ1n) is 6.58. The van der Waals surface area contributed by atoms with Gasteiger partial charge in [0.25, 0.3) is 0 Å². The lowest BCUT2D eigenvalue weighted by Gasteiger charge is -2.21. The Morgan fingerprint density at radius 2 is 2.17 bits per heavy atom. The maximum atomic E-state index is 5.77. The Morgan fingerprint density at radius 1 is 1.39 bits per heavy atom. The third-order valence-electron chi connectivity index (χ3n) is 2.97. The molecule has 5 nitrogen and oxygen atoms in total. The fourth-order valence-corrected chi connectivity index (χ4v) is 1.97. The molecule has 5 heteroatoms. The number of nitrogens with zero attached hydrogens (tertiary/aromatic N) is 2. The monoisotopic (exact) mass is 251 g/mol. The van der Waals surface area contributed by atoms with Crippen molar-refractivity contribution in [1.29, 1.82) is 0 Å². The van der Waals surface area contributed by atoms with Gasteiger partial charge in [0.2, 0.25) is 11.8 Å². The number of aromatic nitrogens is 2. The van der Waals surface area contributed by atoms with Crippen LogP contribution in [0, 0.1) is 12.8 Å². The van der Waals surface area contributed by atoms with E-state index < -0.39 is 0 Å². The van der Waals surface area contributed by atoms with Crippen LogP contribution in [0.4, 0.5) is 5.95 Å². The van der Waals surface area contributed by atoms with Crippen LogP contribution in [-0.2, 0) is 4.74 Å². The third-order valence-corrected chi connectivity index (χ3v) is 2.97. The number of ether oxygens (including phenoxy) is 2. The van der Waals surface area contributed by atoms with Crippen LogP contribution in [0.25, 0.3) is 0 Å². The van der Waals surface area contributed by atoms with Crippen molar-refractivity contribution in [2.24, 2.45) is 5.92 Å². The number of nitrogens with one attached hydrogen (secondary N) is 1. The predicted molar refractivity (Wildman–Crippen MR) is 70.0 cm³/mol. The fourth-order valence-electron chi connectivity index (χ4n) is 1.97. The molecule has 1 aromatic heterocycles. The van der Waals surface area contributed by atoms with Crippen LogP contribution < -0.4 is 10.1 Å². The number of rotatable bonds is 5. The second-order valence-corrected chi connectivity index (χ2v) is 4.57. The average Bonchev–Trinajstić information content (AvgIpc) is 2.37. The highest BCUT2D eigenvalue weighted by atomic mass is 16.5. The van der Waals surface area contributed by atoms with Gasteiger partial charge in [0, 0.05) is 31.5 Å². The molecule has 1 fully saturated rings. The van der Waals surface area contributed by atoms with Crippen molar-refractivity contribution in [3.63, 3.8) is 0 Å². The summed E-state index contributed by atoms with van der Waals surface area (Å²) in [7, 11) is 0. The van der Waals surface area contributed by atoms with E-state index >= 15 is 0 Å².